The fraction of sp³-hybridized carbons (Fsp3) is 0.929. The molecule has 0 aromatic rings. The van der Waals surface area contributed by atoms with E-state index in [1.807, 2.05) is 0 Å². The first-order valence-electron chi connectivity index (χ1n) is 7.43. The monoisotopic (exact) mass is 269 g/mol. The van der Waals surface area contributed by atoms with Crippen LogP contribution in [0, 0.1) is 0 Å². The Morgan fingerprint density at radius 2 is 1.95 bits per heavy atom. The SMILES string of the molecule is CC(C)N1CCN(C2CCCC(N)(C(=O)O)C2)CC1. The first-order chi connectivity index (χ1) is 8.92. The van der Waals surface area contributed by atoms with E-state index >= 15 is 0 Å². The van der Waals surface area contributed by atoms with Gasteiger partial charge in [0.05, 0.1) is 0 Å². The summed E-state index contributed by atoms with van der Waals surface area (Å²) in [6.45, 7) is 8.70. The van der Waals surface area contributed by atoms with Crippen LogP contribution >= 0.6 is 0 Å². The average Bonchev–Trinajstić information content (AvgIpc) is 2.39. The zero-order valence-corrected chi connectivity index (χ0v) is 12.1. The third-order valence-corrected chi connectivity index (χ3v) is 4.78. The smallest absolute Gasteiger partial charge is 0.323 e. The summed E-state index contributed by atoms with van der Waals surface area (Å²) in [5.41, 5.74) is 5.04. The second kappa shape index (κ2) is 5.77. The summed E-state index contributed by atoms with van der Waals surface area (Å²) >= 11 is 0. The molecule has 1 aliphatic carbocycles. The summed E-state index contributed by atoms with van der Waals surface area (Å²) in [6, 6.07) is 0.949. The summed E-state index contributed by atoms with van der Waals surface area (Å²) in [4.78, 5) is 16.2. The predicted molar refractivity (Wildman–Crippen MR) is 75.1 cm³/mol. The Morgan fingerprint density at radius 1 is 1.32 bits per heavy atom. The van der Waals surface area contributed by atoms with Gasteiger partial charge in [0.15, 0.2) is 0 Å². The molecule has 5 heteroatoms. The minimum atomic E-state index is -1.00. The van der Waals surface area contributed by atoms with Crippen molar-refractivity contribution < 1.29 is 9.90 Å². The number of carboxylic acids is 1. The molecule has 0 radical (unpaired) electrons. The van der Waals surface area contributed by atoms with Gasteiger partial charge in [0.2, 0.25) is 0 Å². The Bertz CT molecular complexity index is 327. The number of nitrogens with two attached hydrogens (primary N) is 1. The van der Waals surface area contributed by atoms with Gasteiger partial charge >= 0.3 is 5.97 Å². The normalized spacial score (nSPS) is 34.6. The fourth-order valence-corrected chi connectivity index (χ4v) is 3.40. The number of aliphatic carboxylic acids is 1. The van der Waals surface area contributed by atoms with E-state index in [1.54, 1.807) is 0 Å². The third kappa shape index (κ3) is 3.27. The molecular formula is C14H27N3O2. The van der Waals surface area contributed by atoms with Crippen molar-refractivity contribution >= 4 is 5.97 Å². The molecule has 0 amide bonds. The van der Waals surface area contributed by atoms with Crippen molar-refractivity contribution in [2.75, 3.05) is 26.2 Å². The van der Waals surface area contributed by atoms with Crippen LogP contribution in [-0.2, 0) is 4.79 Å². The Labute approximate surface area is 115 Å². The molecule has 3 N–H and O–H groups in total. The van der Waals surface area contributed by atoms with Gasteiger partial charge in [0.1, 0.15) is 5.54 Å². The molecule has 2 atom stereocenters. The molecule has 110 valence electrons. The summed E-state index contributed by atoms with van der Waals surface area (Å²) in [5, 5.41) is 9.28. The van der Waals surface area contributed by atoms with Gasteiger partial charge in [-0.1, -0.05) is 0 Å². The highest BCUT2D eigenvalue weighted by Crippen LogP contribution is 2.30. The summed E-state index contributed by atoms with van der Waals surface area (Å²) in [5.74, 6) is -0.835. The summed E-state index contributed by atoms with van der Waals surface area (Å²) < 4.78 is 0. The Balaban J connectivity index is 1.91. The second-order valence-corrected chi connectivity index (χ2v) is 6.38. The number of carbonyl (C=O) groups is 1. The predicted octanol–water partition coefficient (Wildman–Crippen LogP) is 0.737. The van der Waals surface area contributed by atoms with E-state index in [2.05, 4.69) is 23.6 Å². The minimum Gasteiger partial charge on any atom is -0.480 e. The van der Waals surface area contributed by atoms with E-state index in [9.17, 15) is 9.90 Å². The Hall–Kier alpha value is -0.650. The lowest BCUT2D eigenvalue weighted by molar-refractivity contribution is -0.145. The molecule has 0 spiro atoms. The van der Waals surface area contributed by atoms with Gasteiger partial charge < -0.3 is 10.8 Å². The molecule has 1 saturated heterocycles. The molecular weight excluding hydrogens is 242 g/mol. The maximum Gasteiger partial charge on any atom is 0.323 e. The first-order valence-corrected chi connectivity index (χ1v) is 7.43. The molecule has 1 saturated carbocycles. The highest BCUT2D eigenvalue weighted by molar-refractivity contribution is 5.78. The van der Waals surface area contributed by atoms with Gasteiger partial charge in [-0.05, 0) is 39.5 Å². The molecule has 0 aromatic heterocycles. The highest BCUT2D eigenvalue weighted by atomic mass is 16.4. The topological polar surface area (TPSA) is 69.8 Å². The molecule has 1 aliphatic heterocycles. The lowest BCUT2D eigenvalue weighted by Gasteiger charge is -2.45. The zero-order valence-electron chi connectivity index (χ0n) is 12.1. The van der Waals surface area contributed by atoms with Crippen LogP contribution in [0.25, 0.3) is 0 Å². The number of carboxylic acid groups (broad SMARTS) is 1. The van der Waals surface area contributed by atoms with Gasteiger partial charge in [-0.3, -0.25) is 14.6 Å². The van der Waals surface area contributed by atoms with Crippen LogP contribution in [0.2, 0.25) is 0 Å². The van der Waals surface area contributed by atoms with Crippen molar-refractivity contribution in [1.29, 1.82) is 0 Å². The first kappa shape index (κ1) is 14.8. The quantitative estimate of drug-likeness (QED) is 0.791. The van der Waals surface area contributed by atoms with E-state index in [0.29, 0.717) is 24.9 Å². The van der Waals surface area contributed by atoms with Crippen LogP contribution < -0.4 is 5.73 Å². The lowest BCUT2D eigenvalue weighted by Crippen LogP contribution is -2.59. The largest absolute Gasteiger partial charge is 0.480 e. The van der Waals surface area contributed by atoms with E-state index < -0.39 is 11.5 Å². The number of piperazine rings is 1. The van der Waals surface area contributed by atoms with Crippen LogP contribution in [-0.4, -0.2) is 64.7 Å². The lowest BCUT2D eigenvalue weighted by atomic mass is 9.79. The molecule has 2 fully saturated rings. The Kier molecular flexibility index (Phi) is 4.48. The zero-order chi connectivity index (χ0) is 14.0. The fourth-order valence-electron chi connectivity index (χ4n) is 3.40. The van der Waals surface area contributed by atoms with Gasteiger partial charge in [-0.2, -0.15) is 0 Å². The Morgan fingerprint density at radius 3 is 2.47 bits per heavy atom. The summed E-state index contributed by atoms with van der Waals surface area (Å²) in [7, 11) is 0. The maximum absolute atomic E-state index is 11.3. The number of hydrogen-bond donors (Lipinski definition) is 2. The molecule has 1 heterocycles. The highest BCUT2D eigenvalue weighted by Gasteiger charge is 2.41. The van der Waals surface area contributed by atoms with E-state index in [1.165, 1.54) is 0 Å². The van der Waals surface area contributed by atoms with Crippen LogP contribution in [0.1, 0.15) is 39.5 Å². The van der Waals surface area contributed by atoms with Crippen LogP contribution in [0.3, 0.4) is 0 Å². The molecule has 0 bridgehead atoms. The van der Waals surface area contributed by atoms with Gasteiger partial charge in [0.25, 0.3) is 0 Å². The second-order valence-electron chi connectivity index (χ2n) is 6.38. The van der Waals surface area contributed by atoms with E-state index in [0.717, 1.165) is 39.0 Å². The van der Waals surface area contributed by atoms with Crippen molar-refractivity contribution in [1.82, 2.24) is 9.80 Å². The van der Waals surface area contributed by atoms with Gasteiger partial charge in [-0.15, -0.1) is 0 Å². The number of hydrogen-bond acceptors (Lipinski definition) is 4. The van der Waals surface area contributed by atoms with E-state index in [-0.39, 0.29) is 0 Å². The van der Waals surface area contributed by atoms with Crippen LogP contribution in [0.4, 0.5) is 0 Å². The van der Waals surface area contributed by atoms with Crippen molar-refractivity contribution in [2.24, 2.45) is 5.73 Å². The van der Waals surface area contributed by atoms with Crippen molar-refractivity contribution in [3.8, 4) is 0 Å². The maximum atomic E-state index is 11.3. The molecule has 19 heavy (non-hydrogen) atoms. The van der Waals surface area contributed by atoms with Crippen LogP contribution in [0.15, 0.2) is 0 Å². The average molecular weight is 269 g/mol. The van der Waals surface area contributed by atoms with Crippen molar-refractivity contribution in [2.45, 2.75) is 57.2 Å². The third-order valence-electron chi connectivity index (χ3n) is 4.78. The number of nitrogens with zero attached hydrogens (tertiary/aromatic N) is 2. The van der Waals surface area contributed by atoms with Crippen molar-refractivity contribution in [3.63, 3.8) is 0 Å². The summed E-state index contributed by atoms with van der Waals surface area (Å²) in [6.07, 6.45) is 3.24. The molecule has 2 rings (SSSR count). The minimum absolute atomic E-state index is 0.351. The standard InChI is InChI=1S/C14H27N3O2/c1-11(2)16-6-8-17(9-7-16)12-4-3-5-14(15,10-12)13(18)19/h11-12H,3-10,15H2,1-2H3,(H,18,19). The van der Waals surface area contributed by atoms with Crippen molar-refractivity contribution in [3.05, 3.63) is 0 Å². The van der Waals surface area contributed by atoms with Crippen LogP contribution in [0.5, 0.6) is 0 Å². The molecule has 2 aliphatic rings. The molecule has 2 unspecified atom stereocenters. The molecule has 0 aromatic carbocycles. The number of rotatable bonds is 3. The molecule has 5 nitrogen and oxygen atoms in total. The van der Waals surface area contributed by atoms with Gasteiger partial charge in [-0.25, -0.2) is 0 Å². The van der Waals surface area contributed by atoms with Gasteiger partial charge in [0, 0.05) is 38.3 Å². The van der Waals surface area contributed by atoms with E-state index in [4.69, 9.17) is 5.73 Å².